The van der Waals surface area contributed by atoms with Gasteiger partial charge in [-0.25, -0.2) is 4.98 Å². The first-order chi connectivity index (χ1) is 9.50. The number of amides is 1. The molecule has 1 aliphatic carbocycles. The van der Waals surface area contributed by atoms with Crippen LogP contribution in [0.1, 0.15) is 57.4 Å². The normalized spacial score (nSPS) is 18.9. The van der Waals surface area contributed by atoms with Gasteiger partial charge < -0.3 is 5.32 Å². The van der Waals surface area contributed by atoms with E-state index in [0.29, 0.717) is 12.8 Å². The third-order valence-electron chi connectivity index (χ3n) is 4.00. The van der Waals surface area contributed by atoms with Gasteiger partial charge in [0, 0.05) is 11.6 Å². The molecule has 1 fully saturated rings. The number of carbonyl (C=O) groups excluding carboxylic acids is 1. The van der Waals surface area contributed by atoms with Gasteiger partial charge in [0.15, 0.2) is 0 Å². The molecule has 0 spiro atoms. The number of carbonyl (C=O) groups is 1. The molecule has 5 heteroatoms. The Morgan fingerprint density at radius 1 is 1.40 bits per heavy atom. The standard InChI is InChI=1S/C15H21N3OS/c1-14(2,13-17-9-10-20-13)18-12(19)15(11-16)7-5-3-4-6-8-15/h9-10H,3-8H2,1-2H3,(H,18,19). The first kappa shape index (κ1) is 15.0. The predicted molar refractivity (Wildman–Crippen MR) is 79.0 cm³/mol. The Labute approximate surface area is 124 Å². The van der Waals surface area contributed by atoms with Crippen molar-refractivity contribution in [2.75, 3.05) is 0 Å². The zero-order chi connectivity index (χ0) is 14.6. The maximum atomic E-state index is 12.7. The highest BCUT2D eigenvalue weighted by Crippen LogP contribution is 2.36. The molecule has 20 heavy (non-hydrogen) atoms. The molecular weight excluding hydrogens is 270 g/mol. The van der Waals surface area contributed by atoms with Crippen LogP contribution in [0, 0.1) is 16.7 Å². The fourth-order valence-corrected chi connectivity index (χ4v) is 3.43. The van der Waals surface area contributed by atoms with E-state index in [1.165, 1.54) is 11.3 Å². The molecule has 1 heterocycles. The van der Waals surface area contributed by atoms with Crippen molar-refractivity contribution in [1.82, 2.24) is 10.3 Å². The van der Waals surface area contributed by atoms with Crippen molar-refractivity contribution in [2.45, 2.75) is 57.9 Å². The van der Waals surface area contributed by atoms with Crippen molar-refractivity contribution < 1.29 is 4.79 Å². The quantitative estimate of drug-likeness (QED) is 0.868. The van der Waals surface area contributed by atoms with E-state index in [1.807, 2.05) is 19.2 Å². The van der Waals surface area contributed by atoms with Crippen LogP contribution in [0.4, 0.5) is 0 Å². The topological polar surface area (TPSA) is 65.8 Å². The van der Waals surface area contributed by atoms with Gasteiger partial charge >= 0.3 is 0 Å². The summed E-state index contributed by atoms with van der Waals surface area (Å²) in [5, 5.41) is 15.3. The van der Waals surface area contributed by atoms with Crippen molar-refractivity contribution in [3.63, 3.8) is 0 Å². The van der Waals surface area contributed by atoms with E-state index in [4.69, 9.17) is 0 Å². The summed E-state index contributed by atoms with van der Waals surface area (Å²) in [5.41, 5.74) is -1.38. The molecule has 1 aromatic heterocycles. The van der Waals surface area contributed by atoms with Crippen molar-refractivity contribution in [3.05, 3.63) is 16.6 Å². The molecule has 1 aliphatic rings. The molecule has 0 aromatic carbocycles. The SMILES string of the molecule is CC(C)(NC(=O)C1(C#N)CCCCCC1)c1nccs1. The van der Waals surface area contributed by atoms with Crippen LogP contribution >= 0.6 is 11.3 Å². The molecule has 108 valence electrons. The summed E-state index contributed by atoms with van der Waals surface area (Å²) in [5.74, 6) is -0.137. The number of aromatic nitrogens is 1. The summed E-state index contributed by atoms with van der Waals surface area (Å²) in [7, 11) is 0. The molecule has 4 nitrogen and oxygen atoms in total. The molecule has 1 saturated carbocycles. The molecular formula is C15H21N3OS. The smallest absolute Gasteiger partial charge is 0.241 e. The lowest BCUT2D eigenvalue weighted by Crippen LogP contribution is -2.48. The van der Waals surface area contributed by atoms with E-state index in [2.05, 4.69) is 16.4 Å². The van der Waals surface area contributed by atoms with Crippen LogP contribution in [0.3, 0.4) is 0 Å². The molecule has 0 unspecified atom stereocenters. The number of hydrogen-bond acceptors (Lipinski definition) is 4. The second-order valence-electron chi connectivity index (χ2n) is 6.02. The van der Waals surface area contributed by atoms with Crippen LogP contribution in [0.2, 0.25) is 0 Å². The highest BCUT2D eigenvalue weighted by Gasteiger charge is 2.41. The van der Waals surface area contributed by atoms with Crippen LogP contribution in [-0.4, -0.2) is 10.9 Å². The van der Waals surface area contributed by atoms with Gasteiger partial charge in [0.2, 0.25) is 5.91 Å². The summed E-state index contributed by atoms with van der Waals surface area (Å²) in [4.78, 5) is 16.9. The zero-order valence-corrected chi connectivity index (χ0v) is 12.9. The number of nitrogens with zero attached hydrogens (tertiary/aromatic N) is 2. The Balaban J connectivity index is 2.15. The summed E-state index contributed by atoms with van der Waals surface area (Å²) < 4.78 is 0. The Kier molecular flexibility index (Phi) is 4.44. The number of hydrogen-bond donors (Lipinski definition) is 1. The fraction of sp³-hybridized carbons (Fsp3) is 0.667. The lowest BCUT2D eigenvalue weighted by atomic mass is 9.80. The van der Waals surface area contributed by atoms with Gasteiger partial charge in [0.25, 0.3) is 0 Å². The van der Waals surface area contributed by atoms with Crippen LogP contribution in [0.15, 0.2) is 11.6 Å². The Bertz CT molecular complexity index is 494. The van der Waals surface area contributed by atoms with E-state index in [-0.39, 0.29) is 5.91 Å². The van der Waals surface area contributed by atoms with Crippen LogP contribution in [-0.2, 0) is 10.3 Å². The summed E-state index contributed by atoms with van der Waals surface area (Å²) in [6.45, 7) is 3.87. The molecule has 0 saturated heterocycles. The maximum absolute atomic E-state index is 12.7. The summed E-state index contributed by atoms with van der Waals surface area (Å²) in [6.07, 6.45) is 7.22. The Hall–Kier alpha value is -1.41. The van der Waals surface area contributed by atoms with Gasteiger partial charge in [-0.05, 0) is 26.7 Å². The molecule has 0 bridgehead atoms. The molecule has 0 atom stereocenters. The first-order valence-corrected chi connectivity index (χ1v) is 8.02. The monoisotopic (exact) mass is 291 g/mol. The second kappa shape index (κ2) is 5.92. The number of rotatable bonds is 3. The lowest BCUT2D eigenvalue weighted by Gasteiger charge is -2.30. The van der Waals surface area contributed by atoms with Crippen LogP contribution < -0.4 is 5.32 Å². The van der Waals surface area contributed by atoms with Crippen molar-refractivity contribution in [3.8, 4) is 6.07 Å². The summed E-state index contributed by atoms with van der Waals surface area (Å²) in [6, 6.07) is 2.30. The zero-order valence-electron chi connectivity index (χ0n) is 12.1. The van der Waals surface area contributed by atoms with Gasteiger partial charge in [0.1, 0.15) is 10.4 Å². The van der Waals surface area contributed by atoms with Gasteiger partial charge in [-0.2, -0.15) is 5.26 Å². The van der Waals surface area contributed by atoms with E-state index in [0.717, 1.165) is 30.7 Å². The molecule has 1 amide bonds. The van der Waals surface area contributed by atoms with Gasteiger partial charge in [0.05, 0.1) is 11.6 Å². The van der Waals surface area contributed by atoms with Gasteiger partial charge in [-0.15, -0.1) is 11.3 Å². The molecule has 0 aliphatic heterocycles. The fourth-order valence-electron chi connectivity index (χ4n) is 2.71. The Morgan fingerprint density at radius 3 is 2.55 bits per heavy atom. The lowest BCUT2D eigenvalue weighted by molar-refractivity contribution is -0.130. The summed E-state index contributed by atoms with van der Waals surface area (Å²) >= 11 is 1.52. The van der Waals surface area contributed by atoms with Gasteiger partial charge in [-0.3, -0.25) is 4.79 Å². The minimum atomic E-state index is -0.856. The number of thiazole rings is 1. The van der Waals surface area contributed by atoms with Crippen molar-refractivity contribution >= 4 is 17.2 Å². The highest BCUT2D eigenvalue weighted by atomic mass is 32.1. The van der Waals surface area contributed by atoms with Crippen molar-refractivity contribution in [2.24, 2.45) is 5.41 Å². The number of nitriles is 1. The van der Waals surface area contributed by atoms with Crippen LogP contribution in [0.25, 0.3) is 0 Å². The number of nitrogens with one attached hydrogen (secondary N) is 1. The first-order valence-electron chi connectivity index (χ1n) is 7.14. The average molecular weight is 291 g/mol. The molecule has 2 rings (SSSR count). The molecule has 1 aromatic rings. The largest absolute Gasteiger partial charge is 0.343 e. The second-order valence-corrected chi connectivity index (χ2v) is 6.92. The van der Waals surface area contributed by atoms with Crippen LogP contribution in [0.5, 0.6) is 0 Å². The van der Waals surface area contributed by atoms with E-state index in [9.17, 15) is 10.1 Å². The Morgan fingerprint density at radius 2 is 2.05 bits per heavy atom. The van der Waals surface area contributed by atoms with E-state index in [1.54, 1.807) is 6.20 Å². The van der Waals surface area contributed by atoms with E-state index < -0.39 is 11.0 Å². The highest BCUT2D eigenvalue weighted by molar-refractivity contribution is 7.09. The third-order valence-corrected chi connectivity index (χ3v) is 5.10. The maximum Gasteiger partial charge on any atom is 0.241 e. The van der Waals surface area contributed by atoms with Crippen molar-refractivity contribution in [1.29, 1.82) is 5.26 Å². The minimum absolute atomic E-state index is 0.137. The van der Waals surface area contributed by atoms with E-state index >= 15 is 0 Å². The average Bonchev–Trinajstić information content (AvgIpc) is 2.84. The predicted octanol–water partition coefficient (Wildman–Crippen LogP) is 3.36. The minimum Gasteiger partial charge on any atom is -0.343 e. The molecule has 0 radical (unpaired) electrons. The third kappa shape index (κ3) is 3.01. The molecule has 1 N–H and O–H groups in total. The van der Waals surface area contributed by atoms with Gasteiger partial charge in [-0.1, -0.05) is 25.7 Å².